The minimum atomic E-state index is -0.518. The Bertz CT molecular complexity index is 1310. The quantitative estimate of drug-likeness (QED) is 0.351. The van der Waals surface area contributed by atoms with Gasteiger partial charge >= 0.3 is 11.6 Å². The lowest BCUT2D eigenvalue weighted by Gasteiger charge is -2.33. The summed E-state index contributed by atoms with van der Waals surface area (Å²) >= 11 is 1.76. The fourth-order valence-electron chi connectivity index (χ4n) is 4.31. The average molecular weight is 442 g/mol. The number of thiophene rings is 1. The Morgan fingerprint density at radius 3 is 2.84 bits per heavy atom. The van der Waals surface area contributed by atoms with E-state index in [2.05, 4.69) is 36.0 Å². The number of aromatic nitrogens is 6. The fourth-order valence-corrected chi connectivity index (χ4v) is 5.58. The molecule has 0 spiro atoms. The summed E-state index contributed by atoms with van der Waals surface area (Å²) in [4.78, 5) is 22.4. The van der Waals surface area contributed by atoms with Crippen molar-refractivity contribution in [2.75, 3.05) is 7.11 Å². The molecule has 0 radical (unpaired) electrons. The number of ether oxygens (including phenoxy) is 1. The van der Waals surface area contributed by atoms with Gasteiger partial charge in [-0.1, -0.05) is 20.8 Å². The first-order valence-electron chi connectivity index (χ1n) is 10.1. The van der Waals surface area contributed by atoms with Crippen molar-refractivity contribution >= 4 is 32.9 Å². The summed E-state index contributed by atoms with van der Waals surface area (Å²) in [5.74, 6) is 1.14. The van der Waals surface area contributed by atoms with Gasteiger partial charge < -0.3 is 4.74 Å². The van der Waals surface area contributed by atoms with E-state index in [0.29, 0.717) is 11.7 Å². The van der Waals surface area contributed by atoms with Crippen molar-refractivity contribution in [1.29, 1.82) is 0 Å². The second-order valence-corrected chi connectivity index (χ2v) is 10.1. The lowest BCUT2D eigenvalue weighted by atomic mass is 9.72. The van der Waals surface area contributed by atoms with Crippen LogP contribution in [0.25, 0.3) is 15.9 Å². The van der Waals surface area contributed by atoms with Crippen LogP contribution in [0.4, 0.5) is 5.69 Å². The van der Waals surface area contributed by atoms with Crippen molar-refractivity contribution in [2.24, 2.45) is 11.3 Å². The topological polar surface area (TPSA) is 113 Å². The Kier molecular flexibility index (Phi) is 4.47. The lowest BCUT2D eigenvalue weighted by Crippen LogP contribution is -2.26. The molecule has 162 valence electrons. The smallest absolute Gasteiger partial charge is 0.350 e. The predicted molar refractivity (Wildman–Crippen MR) is 116 cm³/mol. The van der Waals surface area contributed by atoms with Crippen LogP contribution in [0.2, 0.25) is 0 Å². The molecule has 0 N–H and O–H groups in total. The number of fused-ring (bicyclic) bond motifs is 5. The van der Waals surface area contributed by atoms with E-state index in [0.717, 1.165) is 35.1 Å². The van der Waals surface area contributed by atoms with E-state index in [1.807, 2.05) is 0 Å². The van der Waals surface area contributed by atoms with Crippen molar-refractivity contribution < 1.29 is 9.66 Å². The normalized spacial score (nSPS) is 16.7. The van der Waals surface area contributed by atoms with E-state index >= 15 is 0 Å². The third-order valence-electron chi connectivity index (χ3n) is 6.06. The molecule has 5 rings (SSSR count). The van der Waals surface area contributed by atoms with Gasteiger partial charge in [-0.05, 0) is 36.2 Å². The van der Waals surface area contributed by atoms with Crippen LogP contribution in [-0.2, 0) is 19.4 Å². The summed E-state index contributed by atoms with van der Waals surface area (Å²) in [6.45, 7) is 7.13. The Morgan fingerprint density at radius 2 is 2.16 bits per heavy atom. The highest BCUT2D eigenvalue weighted by Crippen LogP contribution is 2.43. The van der Waals surface area contributed by atoms with E-state index in [1.54, 1.807) is 22.2 Å². The molecule has 1 aliphatic carbocycles. The van der Waals surface area contributed by atoms with Gasteiger partial charge in [-0.3, -0.25) is 14.8 Å². The molecule has 1 aliphatic rings. The first kappa shape index (κ1) is 19.9. The minimum absolute atomic E-state index is 0.0295. The summed E-state index contributed by atoms with van der Waals surface area (Å²) in [7, 11) is 1.36. The van der Waals surface area contributed by atoms with E-state index in [-0.39, 0.29) is 23.5 Å². The van der Waals surface area contributed by atoms with Crippen LogP contribution in [0, 0.1) is 21.4 Å². The highest BCUT2D eigenvalue weighted by Gasteiger charge is 2.32. The van der Waals surface area contributed by atoms with Crippen LogP contribution in [-0.4, -0.2) is 41.4 Å². The zero-order valence-corrected chi connectivity index (χ0v) is 18.6. The number of nitro groups is 1. The molecule has 0 saturated heterocycles. The highest BCUT2D eigenvalue weighted by molar-refractivity contribution is 7.19. The molecule has 0 saturated carbocycles. The maximum absolute atomic E-state index is 11.2. The first-order valence-corrected chi connectivity index (χ1v) is 11.0. The summed E-state index contributed by atoms with van der Waals surface area (Å²) < 4.78 is 8.11. The molecule has 4 heterocycles. The SMILES string of the molecule is COc1nn(Cc2nc3c4c5c(sc4ncn3n2)C[C@H](C(C)(C)C)CC5)cc1[N+](=O)[O-]. The lowest BCUT2D eigenvalue weighted by molar-refractivity contribution is -0.385. The van der Waals surface area contributed by atoms with E-state index in [9.17, 15) is 10.1 Å². The standard InChI is InChI=1S/C20H23N7O3S/c1-20(2,3)11-5-6-12-14(7-11)31-19-16(12)17-22-15(23-26(17)10-21-19)9-25-8-13(27(28)29)18(24-25)30-4/h8,10-11H,5-7,9H2,1-4H3/t11-/m1/s1. The first-order chi connectivity index (χ1) is 14.7. The molecule has 0 aliphatic heterocycles. The molecule has 11 heteroatoms. The van der Waals surface area contributed by atoms with E-state index in [1.165, 1.54) is 28.4 Å². The van der Waals surface area contributed by atoms with Crippen LogP contribution in [0.3, 0.4) is 0 Å². The van der Waals surface area contributed by atoms with Crippen LogP contribution in [0.5, 0.6) is 5.88 Å². The number of aryl methyl sites for hydroxylation is 1. The Labute approximate surface area is 182 Å². The van der Waals surface area contributed by atoms with Crippen molar-refractivity contribution in [3.05, 3.63) is 38.9 Å². The Hall–Kier alpha value is -3.08. The third kappa shape index (κ3) is 3.32. The monoisotopic (exact) mass is 441 g/mol. The fraction of sp³-hybridized carbons (Fsp3) is 0.500. The summed E-state index contributed by atoms with van der Waals surface area (Å²) in [5.41, 5.74) is 2.22. The minimum Gasteiger partial charge on any atom is -0.475 e. The molecule has 0 aromatic carbocycles. The number of hydrogen-bond donors (Lipinski definition) is 0. The van der Waals surface area contributed by atoms with Gasteiger partial charge in [0.15, 0.2) is 11.5 Å². The number of methoxy groups -OCH3 is 1. The van der Waals surface area contributed by atoms with Crippen LogP contribution < -0.4 is 4.74 Å². The molecule has 4 aromatic rings. The van der Waals surface area contributed by atoms with Gasteiger partial charge in [-0.2, -0.15) is 0 Å². The maximum atomic E-state index is 11.2. The van der Waals surface area contributed by atoms with Gasteiger partial charge in [-0.25, -0.2) is 14.5 Å². The molecule has 0 bridgehead atoms. The van der Waals surface area contributed by atoms with Crippen molar-refractivity contribution in [2.45, 2.75) is 46.6 Å². The largest absolute Gasteiger partial charge is 0.475 e. The Morgan fingerprint density at radius 1 is 1.35 bits per heavy atom. The molecular formula is C20H23N7O3S. The van der Waals surface area contributed by atoms with Gasteiger partial charge in [0.1, 0.15) is 23.9 Å². The zero-order valence-electron chi connectivity index (χ0n) is 17.8. The predicted octanol–water partition coefficient (Wildman–Crippen LogP) is 3.65. The molecule has 1 atom stereocenters. The van der Waals surface area contributed by atoms with Gasteiger partial charge in [0.25, 0.3) is 0 Å². The molecule has 0 amide bonds. The average Bonchev–Trinajstić information content (AvgIpc) is 3.40. The van der Waals surface area contributed by atoms with Gasteiger partial charge in [0.05, 0.1) is 17.4 Å². The van der Waals surface area contributed by atoms with E-state index < -0.39 is 4.92 Å². The molecule has 31 heavy (non-hydrogen) atoms. The molecule has 0 unspecified atom stereocenters. The number of rotatable bonds is 4. The second kappa shape index (κ2) is 6.98. The summed E-state index contributed by atoms with van der Waals surface area (Å²) in [6.07, 6.45) is 6.26. The molecule has 10 nitrogen and oxygen atoms in total. The van der Waals surface area contributed by atoms with Gasteiger partial charge in [0.2, 0.25) is 0 Å². The number of nitrogens with zero attached hydrogens (tertiary/aromatic N) is 7. The van der Waals surface area contributed by atoms with Crippen molar-refractivity contribution in [3.63, 3.8) is 0 Å². The molecule has 0 fully saturated rings. The highest BCUT2D eigenvalue weighted by atomic mass is 32.1. The van der Waals surface area contributed by atoms with Crippen molar-refractivity contribution in [1.82, 2.24) is 29.4 Å². The summed E-state index contributed by atoms with van der Waals surface area (Å²) in [6, 6.07) is 0. The zero-order chi connectivity index (χ0) is 21.9. The Balaban J connectivity index is 1.53. The van der Waals surface area contributed by atoms with Crippen LogP contribution in [0.1, 0.15) is 43.5 Å². The third-order valence-corrected chi connectivity index (χ3v) is 7.22. The molecule has 4 aromatic heterocycles. The second-order valence-electron chi connectivity index (χ2n) is 9.01. The van der Waals surface area contributed by atoms with Gasteiger partial charge in [-0.15, -0.1) is 21.5 Å². The molecular weight excluding hydrogens is 418 g/mol. The van der Waals surface area contributed by atoms with Crippen LogP contribution in [0.15, 0.2) is 12.5 Å². The van der Waals surface area contributed by atoms with Crippen molar-refractivity contribution in [3.8, 4) is 5.88 Å². The van der Waals surface area contributed by atoms with Crippen LogP contribution >= 0.6 is 11.3 Å². The number of hydrogen-bond acceptors (Lipinski definition) is 8. The van der Waals surface area contributed by atoms with E-state index in [4.69, 9.17) is 9.72 Å². The maximum Gasteiger partial charge on any atom is 0.350 e. The van der Waals surface area contributed by atoms with Gasteiger partial charge in [0, 0.05) is 4.88 Å². The summed E-state index contributed by atoms with van der Waals surface area (Å²) in [5, 5.41) is 20.9.